The Morgan fingerprint density at radius 2 is 2.00 bits per heavy atom. The molecule has 8 heteroatoms. The Bertz CT molecular complexity index is 982. The Morgan fingerprint density at radius 1 is 1.29 bits per heavy atom. The van der Waals surface area contributed by atoms with E-state index in [1.165, 1.54) is 6.07 Å². The second-order valence-corrected chi connectivity index (χ2v) is 6.49. The molecule has 6 nitrogen and oxygen atoms in total. The average molecular weight is 389 g/mol. The predicted octanol–water partition coefficient (Wildman–Crippen LogP) is 3.00. The number of carbonyl (C=O) groups excluding carboxylic acids is 1. The molecule has 1 unspecified atom stereocenters. The molecule has 0 aliphatic rings. The number of rotatable bonds is 7. The van der Waals surface area contributed by atoms with Crippen LogP contribution in [0.15, 0.2) is 36.5 Å². The lowest BCUT2D eigenvalue weighted by atomic mass is 10.2. The number of nitrogens with zero attached hydrogens (tertiary/aromatic N) is 2. The maximum atomic E-state index is 13.8. The van der Waals surface area contributed by atoms with Crippen LogP contribution in [-0.2, 0) is 6.61 Å². The van der Waals surface area contributed by atoms with Gasteiger partial charge in [0.15, 0.2) is 11.4 Å². The van der Waals surface area contributed by atoms with Gasteiger partial charge in [-0.1, -0.05) is 6.07 Å². The van der Waals surface area contributed by atoms with Crippen molar-refractivity contribution in [1.82, 2.24) is 14.7 Å². The summed E-state index contributed by atoms with van der Waals surface area (Å²) in [7, 11) is 0. The first kappa shape index (κ1) is 19.8. The molecule has 2 aromatic heterocycles. The minimum atomic E-state index is -0.690. The molecule has 148 valence electrons. The van der Waals surface area contributed by atoms with Gasteiger partial charge in [0, 0.05) is 12.7 Å². The minimum Gasteiger partial charge on any atom is -0.485 e. The van der Waals surface area contributed by atoms with Crippen LogP contribution in [-0.4, -0.2) is 33.0 Å². The number of benzene rings is 1. The molecule has 0 fully saturated rings. The van der Waals surface area contributed by atoms with E-state index >= 15 is 0 Å². The van der Waals surface area contributed by atoms with E-state index in [9.17, 15) is 18.7 Å². The van der Waals surface area contributed by atoms with Gasteiger partial charge in [-0.05, 0) is 44.5 Å². The van der Waals surface area contributed by atoms with Crippen LogP contribution in [0.3, 0.4) is 0 Å². The van der Waals surface area contributed by atoms with E-state index in [1.54, 1.807) is 36.6 Å². The van der Waals surface area contributed by atoms with Crippen LogP contribution in [0.5, 0.6) is 5.75 Å². The lowest BCUT2D eigenvalue weighted by Crippen LogP contribution is -2.28. The number of aryl methyl sites for hydroxylation is 1. The first-order valence-corrected chi connectivity index (χ1v) is 8.88. The molecule has 3 rings (SSSR count). The SMILES string of the molecule is Cc1nc2c(OCc3c(F)cccc3F)cccn2c1C(=O)NCCC(C)O. The molecule has 0 saturated heterocycles. The number of aliphatic hydroxyl groups is 1. The fourth-order valence-electron chi connectivity index (χ4n) is 2.84. The number of pyridine rings is 1. The van der Waals surface area contributed by atoms with Crippen LogP contribution in [0, 0.1) is 18.6 Å². The smallest absolute Gasteiger partial charge is 0.270 e. The molecule has 2 heterocycles. The third-order valence-corrected chi connectivity index (χ3v) is 4.28. The average Bonchev–Trinajstić information content (AvgIpc) is 2.97. The van der Waals surface area contributed by atoms with Gasteiger partial charge in [-0.3, -0.25) is 9.20 Å². The van der Waals surface area contributed by atoms with Crippen molar-refractivity contribution < 1.29 is 23.4 Å². The number of carbonyl (C=O) groups is 1. The van der Waals surface area contributed by atoms with Crippen molar-refractivity contribution in [3.05, 3.63) is 65.1 Å². The van der Waals surface area contributed by atoms with Gasteiger partial charge in [-0.2, -0.15) is 0 Å². The molecule has 0 saturated carbocycles. The van der Waals surface area contributed by atoms with Gasteiger partial charge in [-0.15, -0.1) is 0 Å². The fourth-order valence-corrected chi connectivity index (χ4v) is 2.84. The van der Waals surface area contributed by atoms with Gasteiger partial charge in [0.1, 0.15) is 23.9 Å². The first-order chi connectivity index (χ1) is 13.4. The normalized spacial score (nSPS) is 12.2. The summed E-state index contributed by atoms with van der Waals surface area (Å²) in [5, 5.41) is 12.1. The summed E-state index contributed by atoms with van der Waals surface area (Å²) >= 11 is 0. The quantitative estimate of drug-likeness (QED) is 0.651. The monoisotopic (exact) mass is 389 g/mol. The van der Waals surface area contributed by atoms with E-state index in [2.05, 4.69) is 10.3 Å². The second kappa shape index (κ2) is 8.35. The maximum Gasteiger partial charge on any atom is 0.270 e. The van der Waals surface area contributed by atoms with Gasteiger partial charge in [-0.25, -0.2) is 13.8 Å². The van der Waals surface area contributed by atoms with Crippen molar-refractivity contribution in [3.63, 3.8) is 0 Å². The topological polar surface area (TPSA) is 75.9 Å². The summed E-state index contributed by atoms with van der Waals surface area (Å²) in [6.45, 7) is 3.36. The van der Waals surface area contributed by atoms with Gasteiger partial charge in [0.2, 0.25) is 0 Å². The van der Waals surface area contributed by atoms with Gasteiger partial charge in [0.05, 0.1) is 17.4 Å². The lowest BCUT2D eigenvalue weighted by molar-refractivity contribution is 0.0939. The van der Waals surface area contributed by atoms with Crippen LogP contribution in [0.2, 0.25) is 0 Å². The molecule has 0 bridgehead atoms. The molecular weight excluding hydrogens is 368 g/mol. The Labute approximate surface area is 160 Å². The van der Waals surface area contributed by atoms with Gasteiger partial charge in [0.25, 0.3) is 5.91 Å². The van der Waals surface area contributed by atoms with Crippen molar-refractivity contribution in [1.29, 1.82) is 0 Å². The number of aromatic nitrogens is 2. The zero-order valence-corrected chi connectivity index (χ0v) is 15.6. The predicted molar refractivity (Wildman–Crippen MR) is 99.3 cm³/mol. The number of ether oxygens (including phenoxy) is 1. The van der Waals surface area contributed by atoms with Gasteiger partial charge < -0.3 is 15.2 Å². The van der Waals surface area contributed by atoms with Crippen molar-refractivity contribution in [2.75, 3.05) is 6.54 Å². The number of aliphatic hydroxyl groups excluding tert-OH is 1. The lowest BCUT2D eigenvalue weighted by Gasteiger charge is -2.10. The zero-order valence-electron chi connectivity index (χ0n) is 15.6. The van der Waals surface area contributed by atoms with Crippen LogP contribution >= 0.6 is 0 Å². The number of halogens is 2. The molecule has 2 N–H and O–H groups in total. The number of hydrogen-bond donors (Lipinski definition) is 2. The number of imidazole rings is 1. The maximum absolute atomic E-state index is 13.8. The molecule has 28 heavy (non-hydrogen) atoms. The molecule has 0 aliphatic heterocycles. The summed E-state index contributed by atoms with van der Waals surface area (Å²) in [6, 6.07) is 6.90. The highest BCUT2D eigenvalue weighted by Crippen LogP contribution is 2.24. The van der Waals surface area contributed by atoms with Crippen molar-refractivity contribution >= 4 is 11.6 Å². The first-order valence-electron chi connectivity index (χ1n) is 8.88. The number of hydrogen-bond acceptors (Lipinski definition) is 4. The van der Waals surface area contributed by atoms with Crippen LogP contribution in [0.4, 0.5) is 8.78 Å². The van der Waals surface area contributed by atoms with E-state index < -0.39 is 17.7 Å². The number of amides is 1. The molecular formula is C20H21F2N3O3. The molecule has 1 atom stereocenters. The molecule has 1 amide bonds. The number of nitrogens with one attached hydrogen (secondary N) is 1. The standard InChI is InChI=1S/C20H21F2N3O3/c1-12(26)8-9-23-20(27)18-13(2)24-19-17(7-4-10-25(18)19)28-11-14-15(21)5-3-6-16(14)22/h3-7,10,12,26H,8-9,11H2,1-2H3,(H,23,27). The molecule has 1 aromatic carbocycles. The van der Waals surface area contributed by atoms with E-state index in [0.29, 0.717) is 35.8 Å². The molecule has 0 aliphatic carbocycles. The van der Waals surface area contributed by atoms with Crippen molar-refractivity contribution in [3.8, 4) is 5.75 Å². The summed E-state index contributed by atoms with van der Waals surface area (Å²) in [4.78, 5) is 16.9. The van der Waals surface area contributed by atoms with Crippen molar-refractivity contribution in [2.24, 2.45) is 0 Å². The third kappa shape index (κ3) is 4.12. The molecule has 0 spiro atoms. The fraction of sp³-hybridized carbons (Fsp3) is 0.300. The van der Waals surface area contributed by atoms with E-state index in [4.69, 9.17) is 4.74 Å². The second-order valence-electron chi connectivity index (χ2n) is 6.49. The molecule has 0 radical (unpaired) electrons. The third-order valence-electron chi connectivity index (χ3n) is 4.28. The number of fused-ring (bicyclic) bond motifs is 1. The highest BCUT2D eigenvalue weighted by atomic mass is 19.1. The highest BCUT2D eigenvalue weighted by molar-refractivity contribution is 5.94. The van der Waals surface area contributed by atoms with E-state index in [1.807, 2.05) is 0 Å². The summed E-state index contributed by atoms with van der Waals surface area (Å²) in [5.41, 5.74) is 1.02. The minimum absolute atomic E-state index is 0.177. The largest absolute Gasteiger partial charge is 0.485 e. The summed E-state index contributed by atoms with van der Waals surface area (Å²) < 4.78 is 34.8. The van der Waals surface area contributed by atoms with E-state index in [-0.39, 0.29) is 18.1 Å². The molecule has 3 aromatic rings. The Hall–Kier alpha value is -3.00. The van der Waals surface area contributed by atoms with Crippen LogP contribution in [0.25, 0.3) is 5.65 Å². The Kier molecular flexibility index (Phi) is 5.89. The van der Waals surface area contributed by atoms with Gasteiger partial charge >= 0.3 is 0 Å². The van der Waals surface area contributed by atoms with Crippen molar-refractivity contribution in [2.45, 2.75) is 33.0 Å². The highest BCUT2D eigenvalue weighted by Gasteiger charge is 2.19. The zero-order chi connectivity index (χ0) is 20.3. The Balaban J connectivity index is 1.85. The van der Waals surface area contributed by atoms with E-state index in [0.717, 1.165) is 12.1 Å². The summed E-state index contributed by atoms with van der Waals surface area (Å²) in [5.74, 6) is -1.41. The summed E-state index contributed by atoms with van der Waals surface area (Å²) in [6.07, 6.45) is 1.59. The Morgan fingerprint density at radius 3 is 2.68 bits per heavy atom. The van der Waals surface area contributed by atoms with Crippen LogP contribution < -0.4 is 10.1 Å². The van der Waals surface area contributed by atoms with Crippen LogP contribution in [0.1, 0.15) is 35.1 Å².